The summed E-state index contributed by atoms with van der Waals surface area (Å²) in [6.45, 7) is 2.80. The molecule has 1 N–H and O–H groups in total. The molecule has 0 saturated heterocycles. The Bertz CT molecular complexity index is 567. The van der Waals surface area contributed by atoms with Crippen LogP contribution in [0.5, 0.6) is 5.75 Å². The first-order chi connectivity index (χ1) is 9.24. The van der Waals surface area contributed by atoms with E-state index in [0.717, 1.165) is 22.4 Å². The van der Waals surface area contributed by atoms with E-state index < -0.39 is 0 Å². The minimum atomic E-state index is 0.156. The highest BCUT2D eigenvalue weighted by atomic mass is 79.9. The molecule has 1 aromatic heterocycles. The van der Waals surface area contributed by atoms with Crippen LogP contribution in [0.15, 0.2) is 45.5 Å². The molecular formula is C15H16BrNO2. The summed E-state index contributed by atoms with van der Waals surface area (Å²) in [5, 5.41) is 3.55. The second-order valence-electron chi connectivity index (χ2n) is 4.84. The Hall–Kier alpha value is -1.26. The van der Waals surface area contributed by atoms with Crippen molar-refractivity contribution in [3.05, 3.63) is 52.4 Å². The number of halogens is 1. The molecule has 0 bridgehead atoms. The molecule has 1 aliphatic heterocycles. The van der Waals surface area contributed by atoms with Gasteiger partial charge in [-0.25, -0.2) is 0 Å². The zero-order valence-corrected chi connectivity index (χ0v) is 12.3. The van der Waals surface area contributed by atoms with Gasteiger partial charge in [0.2, 0.25) is 0 Å². The van der Waals surface area contributed by atoms with Crippen LogP contribution in [0.25, 0.3) is 0 Å². The van der Waals surface area contributed by atoms with Crippen molar-refractivity contribution in [2.45, 2.75) is 25.4 Å². The van der Waals surface area contributed by atoms with Crippen LogP contribution in [-0.4, -0.2) is 12.6 Å². The minimum absolute atomic E-state index is 0.156. The highest BCUT2D eigenvalue weighted by Crippen LogP contribution is 2.27. The lowest BCUT2D eigenvalue weighted by Crippen LogP contribution is -2.40. The van der Waals surface area contributed by atoms with Gasteiger partial charge in [-0.1, -0.05) is 18.2 Å². The first kappa shape index (κ1) is 12.8. The number of benzene rings is 1. The maximum absolute atomic E-state index is 5.78. The largest absolute Gasteiger partial charge is 0.492 e. The third-order valence-corrected chi connectivity index (χ3v) is 4.06. The van der Waals surface area contributed by atoms with Gasteiger partial charge < -0.3 is 14.5 Å². The lowest BCUT2D eigenvalue weighted by Gasteiger charge is -2.28. The molecule has 2 aromatic rings. The van der Waals surface area contributed by atoms with Gasteiger partial charge in [0.1, 0.15) is 18.1 Å². The molecule has 100 valence electrons. The van der Waals surface area contributed by atoms with E-state index in [2.05, 4.69) is 40.3 Å². The van der Waals surface area contributed by atoms with Crippen molar-refractivity contribution in [3.8, 4) is 5.75 Å². The van der Waals surface area contributed by atoms with Crippen LogP contribution in [-0.2, 0) is 6.42 Å². The fourth-order valence-electron chi connectivity index (χ4n) is 2.48. The molecule has 2 heterocycles. The first-order valence-corrected chi connectivity index (χ1v) is 7.23. The average Bonchev–Trinajstić information content (AvgIpc) is 2.85. The molecule has 0 spiro atoms. The Balaban J connectivity index is 1.68. The van der Waals surface area contributed by atoms with Gasteiger partial charge in [0, 0.05) is 6.04 Å². The number of fused-ring (bicyclic) bond motifs is 1. The van der Waals surface area contributed by atoms with Gasteiger partial charge in [-0.3, -0.25) is 0 Å². The fourth-order valence-corrected chi connectivity index (χ4v) is 3.02. The molecule has 0 fully saturated rings. The number of hydrogen-bond donors (Lipinski definition) is 1. The van der Waals surface area contributed by atoms with Crippen molar-refractivity contribution in [2.24, 2.45) is 0 Å². The van der Waals surface area contributed by atoms with E-state index in [1.807, 2.05) is 18.2 Å². The number of hydrogen-bond acceptors (Lipinski definition) is 3. The van der Waals surface area contributed by atoms with Gasteiger partial charge >= 0.3 is 0 Å². The van der Waals surface area contributed by atoms with Gasteiger partial charge in [0.25, 0.3) is 0 Å². The van der Waals surface area contributed by atoms with Crippen molar-refractivity contribution < 1.29 is 9.15 Å². The summed E-state index contributed by atoms with van der Waals surface area (Å²) in [6, 6.07) is 10.6. The van der Waals surface area contributed by atoms with E-state index >= 15 is 0 Å². The molecule has 19 heavy (non-hydrogen) atoms. The van der Waals surface area contributed by atoms with E-state index in [9.17, 15) is 0 Å². The van der Waals surface area contributed by atoms with E-state index in [0.29, 0.717) is 12.6 Å². The van der Waals surface area contributed by atoms with Crippen LogP contribution in [0.1, 0.15) is 24.3 Å². The fraction of sp³-hybridized carbons (Fsp3) is 0.333. The Morgan fingerprint density at radius 3 is 2.95 bits per heavy atom. The third-order valence-electron chi connectivity index (χ3n) is 3.40. The van der Waals surface area contributed by atoms with Crippen LogP contribution >= 0.6 is 15.9 Å². The SMILES string of the molecule is C[C@H](N[C@H]1COc2ccccc2C1)c1occc1Br. The standard InChI is InChI=1S/C15H16BrNO2/c1-10(15-13(16)6-7-18-15)17-12-8-11-4-2-3-5-14(11)19-9-12/h2-7,10,12,17H,8-9H2,1H3/t10-,12+/m0/s1. The van der Waals surface area contributed by atoms with Gasteiger partial charge in [-0.05, 0) is 47.0 Å². The Labute approximate surface area is 121 Å². The Morgan fingerprint density at radius 1 is 1.32 bits per heavy atom. The summed E-state index contributed by atoms with van der Waals surface area (Å²) in [6.07, 6.45) is 2.68. The lowest BCUT2D eigenvalue weighted by atomic mass is 10.0. The maximum Gasteiger partial charge on any atom is 0.134 e. The van der Waals surface area contributed by atoms with Crippen molar-refractivity contribution in [1.82, 2.24) is 5.32 Å². The van der Waals surface area contributed by atoms with Gasteiger partial charge in [-0.15, -0.1) is 0 Å². The molecular weight excluding hydrogens is 306 g/mol. The predicted octanol–water partition coefficient (Wildman–Crippen LogP) is 3.70. The normalized spacial score (nSPS) is 19.6. The smallest absolute Gasteiger partial charge is 0.134 e. The molecule has 0 amide bonds. The van der Waals surface area contributed by atoms with E-state index in [1.54, 1.807) is 6.26 Å². The summed E-state index contributed by atoms with van der Waals surface area (Å²) in [5.41, 5.74) is 1.26. The number of ether oxygens (including phenoxy) is 1. The highest BCUT2D eigenvalue weighted by molar-refractivity contribution is 9.10. The highest BCUT2D eigenvalue weighted by Gasteiger charge is 2.23. The molecule has 3 nitrogen and oxygen atoms in total. The topological polar surface area (TPSA) is 34.4 Å². The second-order valence-corrected chi connectivity index (χ2v) is 5.70. The zero-order chi connectivity index (χ0) is 13.2. The second kappa shape index (κ2) is 5.39. The quantitative estimate of drug-likeness (QED) is 0.936. The van der Waals surface area contributed by atoms with Crippen molar-refractivity contribution >= 4 is 15.9 Å². The van der Waals surface area contributed by atoms with E-state index in [1.165, 1.54) is 5.56 Å². The van der Waals surface area contributed by atoms with Crippen LogP contribution in [0.2, 0.25) is 0 Å². The summed E-state index contributed by atoms with van der Waals surface area (Å²) in [5.74, 6) is 1.94. The van der Waals surface area contributed by atoms with Gasteiger partial charge in [0.05, 0.1) is 16.8 Å². The molecule has 0 saturated carbocycles. The Kier molecular flexibility index (Phi) is 3.62. The van der Waals surface area contributed by atoms with Crippen LogP contribution in [0, 0.1) is 0 Å². The van der Waals surface area contributed by atoms with Gasteiger partial charge in [-0.2, -0.15) is 0 Å². The first-order valence-electron chi connectivity index (χ1n) is 6.43. The average molecular weight is 322 g/mol. The summed E-state index contributed by atoms with van der Waals surface area (Å²) in [4.78, 5) is 0. The Morgan fingerprint density at radius 2 is 2.16 bits per heavy atom. The molecule has 0 unspecified atom stereocenters. The van der Waals surface area contributed by atoms with E-state index in [-0.39, 0.29) is 6.04 Å². The lowest BCUT2D eigenvalue weighted by molar-refractivity contribution is 0.224. The van der Waals surface area contributed by atoms with Gasteiger partial charge in [0.15, 0.2) is 0 Å². The molecule has 0 aliphatic carbocycles. The monoisotopic (exact) mass is 321 g/mol. The van der Waals surface area contributed by atoms with Crippen molar-refractivity contribution in [3.63, 3.8) is 0 Å². The molecule has 2 atom stereocenters. The summed E-state index contributed by atoms with van der Waals surface area (Å²) in [7, 11) is 0. The molecule has 1 aromatic carbocycles. The van der Waals surface area contributed by atoms with E-state index in [4.69, 9.17) is 9.15 Å². The maximum atomic E-state index is 5.78. The predicted molar refractivity (Wildman–Crippen MR) is 77.4 cm³/mol. The van der Waals surface area contributed by atoms with Crippen LogP contribution in [0.4, 0.5) is 0 Å². The third kappa shape index (κ3) is 2.69. The van der Waals surface area contributed by atoms with Crippen LogP contribution in [0.3, 0.4) is 0 Å². The molecule has 1 aliphatic rings. The number of rotatable bonds is 3. The molecule has 3 rings (SSSR count). The summed E-state index contributed by atoms with van der Waals surface area (Å²) < 4.78 is 12.3. The minimum Gasteiger partial charge on any atom is -0.492 e. The number of nitrogens with one attached hydrogen (secondary N) is 1. The number of para-hydroxylation sites is 1. The molecule has 4 heteroatoms. The number of furan rings is 1. The zero-order valence-electron chi connectivity index (χ0n) is 10.7. The van der Waals surface area contributed by atoms with Crippen molar-refractivity contribution in [1.29, 1.82) is 0 Å². The van der Waals surface area contributed by atoms with Crippen LogP contribution < -0.4 is 10.1 Å². The summed E-state index contributed by atoms with van der Waals surface area (Å²) >= 11 is 3.49. The van der Waals surface area contributed by atoms with Crippen molar-refractivity contribution in [2.75, 3.05) is 6.61 Å². The molecule has 0 radical (unpaired) electrons.